The lowest BCUT2D eigenvalue weighted by molar-refractivity contribution is 0.335. The number of fused-ring (bicyclic) bond motifs is 1. The molecule has 0 saturated carbocycles. The van der Waals surface area contributed by atoms with Gasteiger partial charge in [0.1, 0.15) is 17.5 Å². The van der Waals surface area contributed by atoms with Crippen molar-refractivity contribution in [1.82, 2.24) is 20.1 Å². The standard InChI is InChI=1S/C15H18F2N4/c1-9(2)14-15-20-19-13(21(15)7-6-18-14)8-10-11(16)4-3-5-12(10)17/h3-5,9,14,18H,6-8H2,1-2H3. The first-order valence-electron chi connectivity index (χ1n) is 7.16. The molecule has 0 saturated heterocycles. The maximum atomic E-state index is 13.8. The van der Waals surface area contributed by atoms with Gasteiger partial charge in [0.25, 0.3) is 0 Å². The minimum absolute atomic E-state index is 0.0485. The highest BCUT2D eigenvalue weighted by Gasteiger charge is 2.27. The fourth-order valence-electron chi connectivity index (χ4n) is 2.77. The number of benzene rings is 1. The highest BCUT2D eigenvalue weighted by molar-refractivity contribution is 5.24. The van der Waals surface area contributed by atoms with Crippen LogP contribution in [0.25, 0.3) is 0 Å². The Morgan fingerprint density at radius 1 is 1.29 bits per heavy atom. The van der Waals surface area contributed by atoms with Crippen LogP contribution in [0.4, 0.5) is 8.78 Å². The Kier molecular flexibility index (Phi) is 3.71. The summed E-state index contributed by atoms with van der Waals surface area (Å²) in [5, 5.41) is 11.8. The van der Waals surface area contributed by atoms with Crippen molar-refractivity contribution in [2.24, 2.45) is 5.92 Å². The molecule has 0 bridgehead atoms. The van der Waals surface area contributed by atoms with Gasteiger partial charge in [0.15, 0.2) is 5.82 Å². The van der Waals surface area contributed by atoms with E-state index in [4.69, 9.17) is 0 Å². The number of hydrogen-bond acceptors (Lipinski definition) is 3. The Balaban J connectivity index is 1.95. The molecule has 1 unspecified atom stereocenters. The van der Waals surface area contributed by atoms with Crippen LogP contribution in [0.2, 0.25) is 0 Å². The fourth-order valence-corrected chi connectivity index (χ4v) is 2.77. The Labute approximate surface area is 122 Å². The number of rotatable bonds is 3. The van der Waals surface area contributed by atoms with Crippen LogP contribution < -0.4 is 5.32 Å². The van der Waals surface area contributed by atoms with Crippen LogP contribution in [0.1, 0.15) is 37.1 Å². The van der Waals surface area contributed by atoms with Gasteiger partial charge in [-0.3, -0.25) is 0 Å². The zero-order valence-corrected chi connectivity index (χ0v) is 12.1. The number of hydrogen-bond donors (Lipinski definition) is 1. The molecule has 112 valence electrons. The predicted octanol–water partition coefficient (Wildman–Crippen LogP) is 2.45. The Hall–Kier alpha value is -1.82. The average Bonchev–Trinajstić information content (AvgIpc) is 2.86. The summed E-state index contributed by atoms with van der Waals surface area (Å²) < 4.78 is 29.5. The molecule has 4 nitrogen and oxygen atoms in total. The normalized spacial score (nSPS) is 18.0. The van der Waals surface area contributed by atoms with Gasteiger partial charge >= 0.3 is 0 Å². The van der Waals surface area contributed by atoms with Gasteiger partial charge in [0.05, 0.1) is 6.04 Å². The average molecular weight is 292 g/mol. The van der Waals surface area contributed by atoms with Gasteiger partial charge in [-0.05, 0) is 18.1 Å². The van der Waals surface area contributed by atoms with Crippen LogP contribution in [0.3, 0.4) is 0 Å². The van der Waals surface area contributed by atoms with Gasteiger partial charge < -0.3 is 9.88 Å². The summed E-state index contributed by atoms with van der Waals surface area (Å²) in [5.41, 5.74) is 0.0485. The second kappa shape index (κ2) is 5.52. The van der Waals surface area contributed by atoms with Gasteiger partial charge in [0, 0.05) is 25.1 Å². The summed E-state index contributed by atoms with van der Waals surface area (Å²) in [7, 11) is 0. The maximum absolute atomic E-state index is 13.8. The van der Waals surface area contributed by atoms with Crippen molar-refractivity contribution in [3.63, 3.8) is 0 Å². The molecule has 6 heteroatoms. The van der Waals surface area contributed by atoms with Gasteiger partial charge in [0.2, 0.25) is 0 Å². The van der Waals surface area contributed by atoms with Gasteiger partial charge in [-0.25, -0.2) is 8.78 Å². The van der Waals surface area contributed by atoms with Crippen molar-refractivity contribution in [3.8, 4) is 0 Å². The summed E-state index contributed by atoms with van der Waals surface area (Å²) >= 11 is 0. The number of nitrogens with one attached hydrogen (secondary N) is 1. The van der Waals surface area contributed by atoms with E-state index in [1.54, 1.807) is 0 Å². The first kappa shape index (κ1) is 14.1. The quantitative estimate of drug-likeness (QED) is 0.945. The van der Waals surface area contributed by atoms with Crippen LogP contribution in [0.15, 0.2) is 18.2 Å². The van der Waals surface area contributed by atoms with Crippen molar-refractivity contribution in [2.45, 2.75) is 32.9 Å². The largest absolute Gasteiger partial charge is 0.312 e. The monoisotopic (exact) mass is 292 g/mol. The molecule has 2 heterocycles. The Bertz CT molecular complexity index is 631. The summed E-state index contributed by atoms with van der Waals surface area (Å²) in [6.45, 7) is 5.74. The van der Waals surface area contributed by atoms with Gasteiger partial charge in [-0.1, -0.05) is 19.9 Å². The minimum atomic E-state index is -0.540. The third-order valence-corrected chi connectivity index (χ3v) is 3.90. The van der Waals surface area contributed by atoms with Crippen molar-refractivity contribution < 1.29 is 8.78 Å². The molecule has 0 spiro atoms. The van der Waals surface area contributed by atoms with E-state index in [1.165, 1.54) is 18.2 Å². The van der Waals surface area contributed by atoms with Crippen LogP contribution in [-0.2, 0) is 13.0 Å². The van der Waals surface area contributed by atoms with Crippen LogP contribution >= 0.6 is 0 Å². The molecule has 0 aliphatic carbocycles. The van der Waals surface area contributed by atoms with E-state index < -0.39 is 11.6 Å². The molecule has 0 fully saturated rings. The second-order valence-corrected chi connectivity index (χ2v) is 5.68. The molecule has 1 aliphatic heterocycles. The second-order valence-electron chi connectivity index (χ2n) is 5.68. The first-order chi connectivity index (χ1) is 10.1. The lowest BCUT2D eigenvalue weighted by Gasteiger charge is -2.27. The zero-order chi connectivity index (χ0) is 15.0. The van der Waals surface area contributed by atoms with E-state index in [0.29, 0.717) is 11.7 Å². The van der Waals surface area contributed by atoms with Crippen LogP contribution in [0, 0.1) is 17.6 Å². The zero-order valence-electron chi connectivity index (χ0n) is 12.1. The minimum Gasteiger partial charge on any atom is -0.312 e. The third kappa shape index (κ3) is 2.55. The number of halogens is 2. The molecule has 21 heavy (non-hydrogen) atoms. The highest BCUT2D eigenvalue weighted by Crippen LogP contribution is 2.25. The van der Waals surface area contributed by atoms with Crippen molar-refractivity contribution in [3.05, 3.63) is 47.0 Å². The maximum Gasteiger partial charge on any atom is 0.150 e. The first-order valence-corrected chi connectivity index (χ1v) is 7.16. The van der Waals surface area contributed by atoms with Crippen LogP contribution in [-0.4, -0.2) is 21.3 Å². The molecule has 2 aromatic rings. The Morgan fingerprint density at radius 2 is 2.00 bits per heavy atom. The van der Waals surface area contributed by atoms with Gasteiger partial charge in [-0.15, -0.1) is 10.2 Å². The van der Waals surface area contributed by atoms with Crippen molar-refractivity contribution in [1.29, 1.82) is 0 Å². The van der Waals surface area contributed by atoms with Crippen LogP contribution in [0.5, 0.6) is 0 Å². The highest BCUT2D eigenvalue weighted by atomic mass is 19.1. The smallest absolute Gasteiger partial charge is 0.150 e. The molecular formula is C15H18F2N4. The van der Waals surface area contributed by atoms with E-state index in [9.17, 15) is 8.78 Å². The van der Waals surface area contributed by atoms with E-state index in [1.807, 2.05) is 4.57 Å². The number of nitrogens with zero attached hydrogens (tertiary/aromatic N) is 3. The van der Waals surface area contributed by atoms with Gasteiger partial charge in [-0.2, -0.15) is 0 Å². The molecule has 3 rings (SSSR count). The molecular weight excluding hydrogens is 274 g/mol. The fraction of sp³-hybridized carbons (Fsp3) is 0.467. The summed E-state index contributed by atoms with van der Waals surface area (Å²) in [6, 6.07) is 4.03. The lowest BCUT2D eigenvalue weighted by atomic mass is 10.0. The molecule has 1 atom stereocenters. The Morgan fingerprint density at radius 3 is 2.67 bits per heavy atom. The molecule has 1 aromatic heterocycles. The lowest BCUT2D eigenvalue weighted by Crippen LogP contribution is -2.37. The third-order valence-electron chi connectivity index (χ3n) is 3.90. The molecule has 1 aliphatic rings. The van der Waals surface area contributed by atoms with E-state index in [-0.39, 0.29) is 18.0 Å². The van der Waals surface area contributed by atoms with E-state index >= 15 is 0 Å². The van der Waals surface area contributed by atoms with E-state index in [2.05, 4.69) is 29.4 Å². The molecule has 1 aromatic carbocycles. The van der Waals surface area contributed by atoms with Crippen molar-refractivity contribution >= 4 is 0 Å². The predicted molar refractivity (Wildman–Crippen MR) is 74.8 cm³/mol. The summed E-state index contributed by atoms with van der Waals surface area (Å²) in [5.74, 6) is 0.763. The summed E-state index contributed by atoms with van der Waals surface area (Å²) in [4.78, 5) is 0. The van der Waals surface area contributed by atoms with Crippen molar-refractivity contribution in [2.75, 3.05) is 6.54 Å². The molecule has 0 radical (unpaired) electrons. The topological polar surface area (TPSA) is 42.7 Å². The van der Waals surface area contributed by atoms with E-state index in [0.717, 1.165) is 18.9 Å². The number of aromatic nitrogens is 3. The summed E-state index contributed by atoms with van der Waals surface area (Å²) in [6.07, 6.45) is 0.121. The molecule has 0 amide bonds. The SMILES string of the molecule is CC(C)C1NCCn2c(Cc3c(F)cccc3F)nnc21. The molecule has 1 N–H and O–H groups in total.